The summed E-state index contributed by atoms with van der Waals surface area (Å²) >= 11 is 0. The van der Waals surface area contributed by atoms with Crippen LogP contribution in [0.5, 0.6) is 0 Å². The number of fused-ring (bicyclic) bond motifs is 7. The van der Waals surface area contributed by atoms with Gasteiger partial charge in [-0.25, -0.2) is 15.0 Å². The second-order valence-corrected chi connectivity index (χ2v) is 15.9. The van der Waals surface area contributed by atoms with Crippen LogP contribution in [0.4, 0.5) is 0 Å². The summed E-state index contributed by atoms with van der Waals surface area (Å²) < 4.78 is 2.41. The fourth-order valence-corrected chi connectivity index (χ4v) is 9.85. The molecule has 2 aromatic heterocycles. The van der Waals surface area contributed by atoms with Crippen LogP contribution in [-0.4, -0.2) is 19.5 Å². The van der Waals surface area contributed by atoms with Gasteiger partial charge >= 0.3 is 0 Å². The van der Waals surface area contributed by atoms with Gasteiger partial charge in [0.05, 0.1) is 16.4 Å². The number of aromatic nitrogens is 4. The maximum Gasteiger partial charge on any atom is 0.164 e. The van der Waals surface area contributed by atoms with Gasteiger partial charge in [-0.05, 0) is 68.8 Å². The third-order valence-electron chi connectivity index (χ3n) is 12.5. The molecule has 0 amide bonds. The average molecular weight is 791 g/mol. The van der Waals surface area contributed by atoms with Crippen LogP contribution >= 0.6 is 0 Å². The highest BCUT2D eigenvalue weighted by Crippen LogP contribution is 2.58. The van der Waals surface area contributed by atoms with Crippen molar-refractivity contribution in [1.29, 1.82) is 0 Å². The molecule has 0 unspecified atom stereocenters. The summed E-state index contributed by atoms with van der Waals surface area (Å²) in [5.41, 5.74) is 15.6. The van der Waals surface area contributed by atoms with Crippen LogP contribution in [-0.2, 0) is 5.41 Å². The largest absolute Gasteiger partial charge is 0.309 e. The molecule has 0 aliphatic heterocycles. The maximum absolute atomic E-state index is 5.16. The Morgan fingerprint density at radius 3 is 1.52 bits per heavy atom. The fraction of sp³-hybridized carbons (Fsp3) is 0.0172. The zero-order valence-electron chi connectivity index (χ0n) is 33.7. The lowest BCUT2D eigenvalue weighted by molar-refractivity contribution is 0.769. The smallest absolute Gasteiger partial charge is 0.164 e. The lowest BCUT2D eigenvalue weighted by Gasteiger charge is -2.33. The molecule has 4 heteroatoms. The Bertz CT molecular complexity index is 3390. The third kappa shape index (κ3) is 5.58. The van der Waals surface area contributed by atoms with E-state index in [9.17, 15) is 0 Å². The van der Waals surface area contributed by atoms with E-state index in [2.05, 4.69) is 211 Å². The van der Waals surface area contributed by atoms with Crippen LogP contribution < -0.4 is 0 Å². The van der Waals surface area contributed by atoms with Crippen molar-refractivity contribution in [2.45, 2.75) is 5.41 Å². The molecule has 2 heterocycles. The molecule has 0 radical (unpaired) electrons. The van der Waals surface area contributed by atoms with Gasteiger partial charge in [0.15, 0.2) is 17.5 Å². The van der Waals surface area contributed by atoms with E-state index < -0.39 is 5.41 Å². The summed E-state index contributed by atoms with van der Waals surface area (Å²) in [5, 5.41) is 2.46. The number of para-hydroxylation sites is 1. The third-order valence-corrected chi connectivity index (χ3v) is 12.5. The molecule has 1 aliphatic carbocycles. The Morgan fingerprint density at radius 2 is 0.839 bits per heavy atom. The molecule has 62 heavy (non-hydrogen) atoms. The molecule has 11 aromatic rings. The molecule has 290 valence electrons. The molecule has 0 saturated heterocycles. The molecule has 0 bridgehead atoms. The first-order valence-corrected chi connectivity index (χ1v) is 21.1. The van der Waals surface area contributed by atoms with Gasteiger partial charge < -0.3 is 4.57 Å². The Hall–Kier alpha value is -8.21. The lowest BCUT2D eigenvalue weighted by Crippen LogP contribution is -2.28. The van der Waals surface area contributed by atoms with Crippen LogP contribution in [0.25, 0.3) is 83.9 Å². The number of rotatable bonds is 7. The first kappa shape index (κ1) is 35.7. The molecular formula is C58H38N4. The molecule has 12 rings (SSSR count). The quantitative estimate of drug-likeness (QED) is 0.161. The van der Waals surface area contributed by atoms with E-state index in [4.69, 9.17) is 15.0 Å². The predicted octanol–water partition coefficient (Wildman–Crippen LogP) is 14.0. The standard InChI is InChI=1S/C58H38N4/c1-5-18-39(19-6-1)40-32-34-42(35-33-40)56-59-55(41-20-7-2-8-21-41)60-57(61-56)43-22-17-27-46(38-43)62-51-31-16-14-29-48(51)54-52(62)37-36-50-53(54)47-28-13-15-30-49(47)58(50,44-23-9-3-10-24-44)45-25-11-4-12-26-45/h1-38H. The second-order valence-electron chi connectivity index (χ2n) is 15.9. The maximum atomic E-state index is 5.16. The SMILES string of the molecule is c1ccc(-c2ccc(-c3nc(-c4ccccc4)nc(-c4cccc(-n5c6ccccc6c6c7c(ccc65)C(c5ccccc5)(c5ccccc5)c5ccccc5-7)c4)n3)cc2)cc1. The molecule has 9 aromatic carbocycles. The van der Waals surface area contributed by atoms with Crippen molar-refractivity contribution in [1.82, 2.24) is 19.5 Å². The highest BCUT2D eigenvalue weighted by atomic mass is 15.0. The summed E-state index contributed by atoms with van der Waals surface area (Å²) in [7, 11) is 0. The normalized spacial score (nSPS) is 12.6. The first-order valence-electron chi connectivity index (χ1n) is 21.1. The highest BCUT2D eigenvalue weighted by Gasteiger charge is 2.47. The van der Waals surface area contributed by atoms with Crippen molar-refractivity contribution in [2.75, 3.05) is 0 Å². The van der Waals surface area contributed by atoms with Crippen LogP contribution in [0.1, 0.15) is 22.3 Å². The summed E-state index contributed by atoms with van der Waals surface area (Å²) in [5.74, 6) is 1.88. The van der Waals surface area contributed by atoms with E-state index in [0.29, 0.717) is 17.5 Å². The zero-order valence-corrected chi connectivity index (χ0v) is 33.7. The lowest BCUT2D eigenvalue weighted by atomic mass is 9.67. The van der Waals surface area contributed by atoms with Gasteiger partial charge in [-0.2, -0.15) is 0 Å². The van der Waals surface area contributed by atoms with E-state index in [0.717, 1.165) is 39.0 Å². The van der Waals surface area contributed by atoms with Crippen molar-refractivity contribution in [2.24, 2.45) is 0 Å². The van der Waals surface area contributed by atoms with Crippen LogP contribution in [0, 0.1) is 0 Å². The van der Waals surface area contributed by atoms with Gasteiger partial charge in [0.1, 0.15) is 0 Å². The first-order chi connectivity index (χ1) is 30.8. The van der Waals surface area contributed by atoms with Crippen molar-refractivity contribution >= 4 is 21.8 Å². The molecule has 1 aliphatic rings. The minimum Gasteiger partial charge on any atom is -0.309 e. The van der Waals surface area contributed by atoms with Crippen molar-refractivity contribution in [3.63, 3.8) is 0 Å². The summed E-state index contributed by atoms with van der Waals surface area (Å²) in [6.45, 7) is 0. The minimum atomic E-state index is -0.486. The van der Waals surface area contributed by atoms with Crippen LogP contribution in [0.2, 0.25) is 0 Å². The van der Waals surface area contributed by atoms with Gasteiger partial charge in [0.2, 0.25) is 0 Å². The number of hydrogen-bond acceptors (Lipinski definition) is 3. The van der Waals surface area contributed by atoms with E-state index >= 15 is 0 Å². The number of nitrogens with zero attached hydrogens (tertiary/aromatic N) is 4. The van der Waals surface area contributed by atoms with E-state index in [-0.39, 0.29) is 0 Å². The molecule has 0 saturated carbocycles. The van der Waals surface area contributed by atoms with E-state index in [1.807, 2.05) is 24.3 Å². The number of benzene rings is 9. The molecule has 4 nitrogen and oxygen atoms in total. The molecular weight excluding hydrogens is 753 g/mol. The summed E-state index contributed by atoms with van der Waals surface area (Å²) in [6.07, 6.45) is 0. The van der Waals surface area contributed by atoms with Crippen LogP contribution in [0.3, 0.4) is 0 Å². The summed E-state index contributed by atoms with van der Waals surface area (Å²) in [4.78, 5) is 15.3. The molecule has 0 N–H and O–H groups in total. The zero-order chi connectivity index (χ0) is 41.0. The van der Waals surface area contributed by atoms with Gasteiger partial charge in [-0.3, -0.25) is 0 Å². The van der Waals surface area contributed by atoms with Crippen molar-refractivity contribution in [3.8, 4) is 62.1 Å². The highest BCUT2D eigenvalue weighted by molar-refractivity contribution is 6.18. The van der Waals surface area contributed by atoms with Gasteiger partial charge in [0.25, 0.3) is 0 Å². The van der Waals surface area contributed by atoms with Crippen molar-refractivity contribution in [3.05, 3.63) is 253 Å². The molecule has 0 spiro atoms. The van der Waals surface area contributed by atoms with Gasteiger partial charge in [0, 0.05) is 33.2 Å². The number of hydrogen-bond donors (Lipinski definition) is 0. The second kappa shape index (κ2) is 14.5. The van der Waals surface area contributed by atoms with E-state index in [1.165, 1.54) is 49.7 Å². The minimum absolute atomic E-state index is 0.486. The van der Waals surface area contributed by atoms with Gasteiger partial charge in [-0.15, -0.1) is 0 Å². The van der Waals surface area contributed by atoms with Gasteiger partial charge in [-0.1, -0.05) is 206 Å². The van der Waals surface area contributed by atoms with E-state index in [1.54, 1.807) is 0 Å². The predicted molar refractivity (Wildman–Crippen MR) is 253 cm³/mol. The van der Waals surface area contributed by atoms with Crippen molar-refractivity contribution < 1.29 is 0 Å². The fourth-order valence-electron chi connectivity index (χ4n) is 9.85. The Balaban J connectivity index is 1.06. The Labute approximate surface area is 360 Å². The Kier molecular flexibility index (Phi) is 8.36. The topological polar surface area (TPSA) is 43.6 Å². The Morgan fingerprint density at radius 1 is 0.339 bits per heavy atom. The molecule has 0 fully saturated rings. The monoisotopic (exact) mass is 790 g/mol. The summed E-state index contributed by atoms with van der Waals surface area (Å²) in [6, 6.07) is 82.3. The van der Waals surface area contributed by atoms with Crippen LogP contribution in [0.15, 0.2) is 231 Å². The molecule has 0 atom stereocenters. The average Bonchev–Trinajstić information content (AvgIpc) is 3.86.